The van der Waals surface area contributed by atoms with Crippen molar-refractivity contribution in [3.05, 3.63) is 29.8 Å². The number of benzene rings is 1. The monoisotopic (exact) mass is 207 g/mol. The molecule has 0 spiro atoms. The van der Waals surface area contributed by atoms with E-state index >= 15 is 0 Å². The molecule has 0 aliphatic heterocycles. The Balaban J connectivity index is 2.42. The molecule has 0 radical (unpaired) electrons. The van der Waals surface area contributed by atoms with E-state index in [9.17, 15) is 0 Å². The first-order valence-corrected chi connectivity index (χ1v) is 5.36. The number of likely N-dealkylation sites (N-methyl/N-ethyl adjacent to an activating group) is 2. The summed E-state index contributed by atoms with van der Waals surface area (Å²) in [6, 6.07) is 8.56. The number of hydrogen-bond donors (Lipinski definition) is 2. The van der Waals surface area contributed by atoms with Gasteiger partial charge < -0.3 is 15.5 Å². The molecule has 0 saturated carbocycles. The summed E-state index contributed by atoms with van der Waals surface area (Å²) in [7, 11) is 6.06. The molecular weight excluding hydrogens is 186 g/mol. The van der Waals surface area contributed by atoms with Gasteiger partial charge in [-0.15, -0.1) is 0 Å². The lowest BCUT2D eigenvalue weighted by molar-refractivity contribution is 0.328. The predicted molar refractivity (Wildman–Crippen MR) is 66.2 cm³/mol. The van der Waals surface area contributed by atoms with E-state index in [0.29, 0.717) is 0 Å². The molecule has 0 aromatic heterocycles. The lowest BCUT2D eigenvalue weighted by Gasteiger charge is -2.16. The second-order valence-electron chi connectivity index (χ2n) is 3.79. The van der Waals surface area contributed by atoms with Crippen molar-refractivity contribution in [2.75, 3.05) is 39.5 Å². The summed E-state index contributed by atoms with van der Waals surface area (Å²) in [6.45, 7) is 3.11. The van der Waals surface area contributed by atoms with Crippen molar-refractivity contribution in [1.82, 2.24) is 10.2 Å². The third kappa shape index (κ3) is 4.32. The van der Waals surface area contributed by atoms with Crippen LogP contribution < -0.4 is 10.6 Å². The largest absolute Gasteiger partial charge is 0.388 e. The first-order valence-electron chi connectivity index (χ1n) is 5.36. The average molecular weight is 207 g/mol. The summed E-state index contributed by atoms with van der Waals surface area (Å²) in [4.78, 5) is 2.31. The van der Waals surface area contributed by atoms with Crippen molar-refractivity contribution < 1.29 is 0 Å². The molecule has 0 bridgehead atoms. The van der Waals surface area contributed by atoms with E-state index in [-0.39, 0.29) is 0 Å². The highest BCUT2D eigenvalue weighted by atomic mass is 15.1. The molecule has 0 unspecified atom stereocenters. The minimum absolute atomic E-state index is 1.01. The van der Waals surface area contributed by atoms with Gasteiger partial charge in [0.05, 0.1) is 0 Å². The lowest BCUT2D eigenvalue weighted by atomic mass is 10.2. The maximum atomic E-state index is 3.15. The Hall–Kier alpha value is -1.06. The fraction of sp³-hybridized carbons (Fsp3) is 0.500. The van der Waals surface area contributed by atoms with Crippen molar-refractivity contribution >= 4 is 5.69 Å². The van der Waals surface area contributed by atoms with Gasteiger partial charge in [-0.2, -0.15) is 0 Å². The highest BCUT2D eigenvalue weighted by Crippen LogP contribution is 2.09. The Morgan fingerprint density at radius 1 is 1.13 bits per heavy atom. The summed E-state index contributed by atoms with van der Waals surface area (Å²) < 4.78 is 0. The van der Waals surface area contributed by atoms with Gasteiger partial charge in [0.2, 0.25) is 0 Å². The number of hydrogen-bond acceptors (Lipinski definition) is 3. The van der Waals surface area contributed by atoms with Crippen LogP contribution in [0.5, 0.6) is 0 Å². The van der Waals surface area contributed by atoms with Crippen LogP contribution in [0.1, 0.15) is 5.56 Å². The Kier molecular flexibility index (Phi) is 5.15. The van der Waals surface area contributed by atoms with Gasteiger partial charge in [0.1, 0.15) is 0 Å². The van der Waals surface area contributed by atoms with Crippen LogP contribution in [0.2, 0.25) is 0 Å². The van der Waals surface area contributed by atoms with E-state index in [2.05, 4.69) is 46.8 Å². The summed E-state index contributed by atoms with van der Waals surface area (Å²) in [5.41, 5.74) is 2.52. The number of anilines is 1. The molecule has 1 rings (SSSR count). The molecule has 1 aromatic carbocycles. The average Bonchev–Trinajstić information content (AvgIpc) is 2.27. The number of nitrogens with zero attached hydrogens (tertiary/aromatic N) is 1. The zero-order valence-electron chi connectivity index (χ0n) is 9.88. The van der Waals surface area contributed by atoms with E-state index in [1.165, 1.54) is 5.56 Å². The molecule has 1 aromatic rings. The topological polar surface area (TPSA) is 27.3 Å². The third-order valence-electron chi connectivity index (χ3n) is 2.44. The minimum atomic E-state index is 1.01. The van der Waals surface area contributed by atoms with E-state index in [0.717, 1.165) is 25.3 Å². The van der Waals surface area contributed by atoms with Gasteiger partial charge in [-0.3, -0.25) is 0 Å². The summed E-state index contributed by atoms with van der Waals surface area (Å²) in [6.07, 6.45) is 0. The second kappa shape index (κ2) is 6.43. The van der Waals surface area contributed by atoms with Crippen LogP contribution in [0.15, 0.2) is 24.3 Å². The van der Waals surface area contributed by atoms with Gasteiger partial charge in [0.15, 0.2) is 0 Å². The predicted octanol–water partition coefficient (Wildman–Crippen LogP) is 1.38. The van der Waals surface area contributed by atoms with E-state index < -0.39 is 0 Å². The highest BCUT2D eigenvalue weighted by Gasteiger charge is 1.99. The van der Waals surface area contributed by atoms with Crippen molar-refractivity contribution in [3.63, 3.8) is 0 Å². The lowest BCUT2D eigenvalue weighted by Crippen LogP contribution is -2.26. The zero-order valence-corrected chi connectivity index (χ0v) is 9.88. The third-order valence-corrected chi connectivity index (χ3v) is 2.44. The van der Waals surface area contributed by atoms with Gasteiger partial charge in [0.25, 0.3) is 0 Å². The molecule has 0 heterocycles. The Morgan fingerprint density at radius 3 is 2.33 bits per heavy atom. The van der Waals surface area contributed by atoms with Crippen LogP contribution in [-0.2, 0) is 6.54 Å². The van der Waals surface area contributed by atoms with Gasteiger partial charge in [0, 0.05) is 32.4 Å². The Labute approximate surface area is 92.5 Å². The van der Waals surface area contributed by atoms with E-state index in [4.69, 9.17) is 0 Å². The zero-order chi connectivity index (χ0) is 11.1. The molecule has 0 aliphatic carbocycles. The van der Waals surface area contributed by atoms with Crippen LogP contribution in [0, 0.1) is 0 Å². The first kappa shape index (κ1) is 12.0. The van der Waals surface area contributed by atoms with Crippen LogP contribution in [0.25, 0.3) is 0 Å². The maximum absolute atomic E-state index is 3.15. The molecule has 0 aliphatic rings. The minimum Gasteiger partial charge on any atom is -0.388 e. The van der Waals surface area contributed by atoms with Gasteiger partial charge in [-0.25, -0.2) is 0 Å². The molecule has 0 saturated heterocycles. The fourth-order valence-electron chi connectivity index (χ4n) is 1.47. The SMILES string of the molecule is CNCCN(C)Cc1ccc(NC)cc1. The van der Waals surface area contributed by atoms with E-state index in [1.54, 1.807) is 0 Å². The Bertz CT molecular complexity index is 269. The number of nitrogens with one attached hydrogen (secondary N) is 2. The maximum Gasteiger partial charge on any atom is 0.0337 e. The van der Waals surface area contributed by atoms with Crippen molar-refractivity contribution in [2.24, 2.45) is 0 Å². The van der Waals surface area contributed by atoms with Crippen LogP contribution in [0.3, 0.4) is 0 Å². The first-order chi connectivity index (χ1) is 7.26. The van der Waals surface area contributed by atoms with Crippen LogP contribution >= 0.6 is 0 Å². The van der Waals surface area contributed by atoms with Gasteiger partial charge in [-0.05, 0) is 31.8 Å². The van der Waals surface area contributed by atoms with Gasteiger partial charge >= 0.3 is 0 Å². The molecule has 15 heavy (non-hydrogen) atoms. The molecule has 0 amide bonds. The smallest absolute Gasteiger partial charge is 0.0337 e. The van der Waals surface area contributed by atoms with Crippen LogP contribution in [-0.4, -0.2) is 39.1 Å². The normalized spacial score (nSPS) is 10.7. The summed E-state index contributed by atoms with van der Waals surface area (Å²) >= 11 is 0. The molecular formula is C12H21N3. The van der Waals surface area contributed by atoms with Crippen molar-refractivity contribution in [3.8, 4) is 0 Å². The second-order valence-corrected chi connectivity index (χ2v) is 3.79. The molecule has 84 valence electrons. The van der Waals surface area contributed by atoms with Gasteiger partial charge in [-0.1, -0.05) is 12.1 Å². The molecule has 3 nitrogen and oxygen atoms in total. The highest BCUT2D eigenvalue weighted by molar-refractivity contribution is 5.43. The van der Waals surface area contributed by atoms with E-state index in [1.807, 2.05) is 14.1 Å². The molecule has 0 atom stereocenters. The summed E-state index contributed by atoms with van der Waals surface area (Å²) in [5.74, 6) is 0. The van der Waals surface area contributed by atoms with Crippen LogP contribution in [0.4, 0.5) is 5.69 Å². The molecule has 0 fully saturated rings. The molecule has 2 N–H and O–H groups in total. The Morgan fingerprint density at radius 2 is 1.80 bits per heavy atom. The fourth-order valence-corrected chi connectivity index (χ4v) is 1.47. The van der Waals surface area contributed by atoms with Crippen molar-refractivity contribution in [1.29, 1.82) is 0 Å². The number of rotatable bonds is 6. The summed E-state index contributed by atoms with van der Waals surface area (Å²) in [5, 5.41) is 6.27. The standard InChI is InChI=1S/C12H21N3/c1-13-8-9-15(3)10-11-4-6-12(14-2)7-5-11/h4-7,13-14H,8-10H2,1-3H3. The molecule has 3 heteroatoms. The van der Waals surface area contributed by atoms with Crippen molar-refractivity contribution in [2.45, 2.75) is 6.54 Å². The quantitative estimate of drug-likeness (QED) is 0.738.